The highest BCUT2D eigenvalue weighted by molar-refractivity contribution is 5.85. The number of aliphatic hydroxyl groups excluding tert-OH is 1. The van der Waals surface area contributed by atoms with E-state index in [0.717, 1.165) is 0 Å². The molecule has 0 fully saturated rings. The first kappa shape index (κ1) is 12.3. The van der Waals surface area contributed by atoms with Gasteiger partial charge in [-0.25, -0.2) is 16.8 Å². The molecule has 62 valence electrons. The van der Waals surface area contributed by atoms with E-state index in [1.807, 2.05) is 0 Å². The zero-order valence-corrected chi connectivity index (χ0v) is 6.04. The molecule has 0 radical (unpaired) electrons. The minimum Gasteiger partial charge on any atom is -0.394 e. The molecule has 1 unspecified atom stereocenters. The van der Waals surface area contributed by atoms with Crippen LogP contribution in [0.25, 0.3) is 0 Å². The molecule has 0 rings (SSSR count). The van der Waals surface area contributed by atoms with Crippen LogP contribution in [0.5, 0.6) is 0 Å². The van der Waals surface area contributed by atoms with Crippen molar-refractivity contribution in [3.05, 3.63) is 0 Å². The molecule has 0 bridgehead atoms. The van der Waals surface area contributed by atoms with E-state index in [-0.39, 0.29) is 12.4 Å². The van der Waals surface area contributed by atoms with Gasteiger partial charge in [0.2, 0.25) is 0 Å². The number of nitrogens with zero attached hydrogens (tertiary/aromatic N) is 1. The van der Waals surface area contributed by atoms with Crippen molar-refractivity contribution in [1.29, 1.82) is 0 Å². The van der Waals surface area contributed by atoms with Gasteiger partial charge >= 0.3 is 0 Å². The first-order chi connectivity index (χ1) is 4.09. The van der Waals surface area contributed by atoms with Crippen LogP contribution in [0.1, 0.15) is 0 Å². The van der Waals surface area contributed by atoms with Gasteiger partial charge in [-0.3, -0.25) is 4.79 Å². The lowest BCUT2D eigenvalue weighted by Crippen LogP contribution is -2.52. The molecule has 7 N–H and O–H groups in total. The minimum absolute atomic E-state index is 0. The van der Waals surface area contributed by atoms with Crippen molar-refractivity contribution < 1.29 is 9.90 Å². The van der Waals surface area contributed by atoms with Crippen molar-refractivity contribution >= 4 is 18.3 Å². The number of hydrogen-bond acceptors (Lipinski definition) is 5. The number of hydrazine groups is 2. The highest BCUT2D eigenvalue weighted by Gasteiger charge is 2.14. The summed E-state index contributed by atoms with van der Waals surface area (Å²) in [5, 5.41) is 8.62. The van der Waals surface area contributed by atoms with Gasteiger partial charge in [0.15, 0.2) is 0 Å². The Kier molecular flexibility index (Phi) is 6.63. The standard InChI is InChI=1S/C3H10N4O2.ClH/c4-2(1-8)3(9)7(5)6;/h2,8H,1,4-6H2;1H. The highest BCUT2D eigenvalue weighted by atomic mass is 35.5. The Morgan fingerprint density at radius 3 is 2.10 bits per heavy atom. The summed E-state index contributed by atoms with van der Waals surface area (Å²) < 4.78 is 0. The van der Waals surface area contributed by atoms with Crippen LogP contribution in [-0.4, -0.2) is 28.8 Å². The maximum Gasteiger partial charge on any atom is 0.270 e. The van der Waals surface area contributed by atoms with Crippen molar-refractivity contribution in [2.24, 2.45) is 17.4 Å². The van der Waals surface area contributed by atoms with Crippen LogP contribution in [0.3, 0.4) is 0 Å². The molecule has 10 heavy (non-hydrogen) atoms. The molecular formula is C3H11ClN4O2. The third-order valence-electron chi connectivity index (χ3n) is 0.768. The fourth-order valence-electron chi connectivity index (χ4n) is 0.270. The number of nitrogens with two attached hydrogens (primary N) is 3. The molecule has 6 nitrogen and oxygen atoms in total. The summed E-state index contributed by atoms with van der Waals surface area (Å²) >= 11 is 0. The quantitative estimate of drug-likeness (QED) is 0.204. The molecule has 0 aromatic carbocycles. The van der Waals surface area contributed by atoms with Crippen molar-refractivity contribution in [2.75, 3.05) is 6.61 Å². The number of halogens is 1. The molecule has 0 heterocycles. The monoisotopic (exact) mass is 170 g/mol. The minimum atomic E-state index is -1.01. The van der Waals surface area contributed by atoms with Crippen LogP contribution in [0.2, 0.25) is 0 Å². The summed E-state index contributed by atoms with van der Waals surface area (Å²) in [6, 6.07) is -1.01. The molecule has 0 aliphatic carbocycles. The lowest BCUT2D eigenvalue weighted by atomic mass is 10.3. The van der Waals surface area contributed by atoms with E-state index in [2.05, 4.69) is 0 Å². The Morgan fingerprint density at radius 2 is 2.00 bits per heavy atom. The van der Waals surface area contributed by atoms with Gasteiger partial charge in [0.05, 0.1) is 6.61 Å². The average Bonchev–Trinajstić information content (AvgIpc) is 1.84. The lowest BCUT2D eigenvalue weighted by Gasteiger charge is -2.12. The average molecular weight is 171 g/mol. The third kappa shape index (κ3) is 3.59. The maximum absolute atomic E-state index is 10.5. The van der Waals surface area contributed by atoms with E-state index in [0.29, 0.717) is 5.12 Å². The SMILES string of the molecule is Cl.NC(CO)C(=O)N(N)N. The van der Waals surface area contributed by atoms with Gasteiger partial charge < -0.3 is 10.8 Å². The number of aliphatic hydroxyl groups is 1. The fourth-order valence-corrected chi connectivity index (χ4v) is 0.270. The van der Waals surface area contributed by atoms with Crippen LogP contribution in [0, 0.1) is 0 Å². The predicted octanol–water partition coefficient (Wildman–Crippen LogP) is -2.70. The summed E-state index contributed by atoms with van der Waals surface area (Å²) in [6.07, 6.45) is 0. The number of carbonyl (C=O) groups is 1. The van der Waals surface area contributed by atoms with E-state index in [9.17, 15) is 4.79 Å². The Hall–Kier alpha value is -0.400. The Morgan fingerprint density at radius 1 is 1.60 bits per heavy atom. The maximum atomic E-state index is 10.5. The van der Waals surface area contributed by atoms with Gasteiger partial charge in [0, 0.05) is 0 Å². The molecule has 0 spiro atoms. The molecular weight excluding hydrogens is 160 g/mol. The summed E-state index contributed by atoms with van der Waals surface area (Å²) in [6.45, 7) is -0.455. The van der Waals surface area contributed by atoms with E-state index in [4.69, 9.17) is 22.5 Å². The number of rotatable bonds is 2. The molecule has 0 saturated carbocycles. The first-order valence-electron chi connectivity index (χ1n) is 2.29. The van der Waals surface area contributed by atoms with Crippen molar-refractivity contribution in [2.45, 2.75) is 6.04 Å². The number of amides is 1. The van der Waals surface area contributed by atoms with Crippen LogP contribution in [0.4, 0.5) is 0 Å². The zero-order valence-electron chi connectivity index (χ0n) is 5.23. The molecule has 0 aliphatic rings. The van der Waals surface area contributed by atoms with Gasteiger partial charge in [0.25, 0.3) is 5.91 Å². The second-order valence-electron chi connectivity index (χ2n) is 1.53. The molecule has 0 aliphatic heterocycles. The van der Waals surface area contributed by atoms with Crippen LogP contribution < -0.4 is 17.4 Å². The van der Waals surface area contributed by atoms with Crippen LogP contribution in [-0.2, 0) is 4.79 Å². The number of hydrogen-bond donors (Lipinski definition) is 4. The predicted molar refractivity (Wildman–Crippen MR) is 37.5 cm³/mol. The van der Waals surface area contributed by atoms with E-state index in [1.165, 1.54) is 0 Å². The largest absolute Gasteiger partial charge is 0.394 e. The van der Waals surface area contributed by atoms with Crippen molar-refractivity contribution in [1.82, 2.24) is 5.12 Å². The first-order valence-corrected chi connectivity index (χ1v) is 2.29. The Balaban J connectivity index is 0. The topological polar surface area (TPSA) is 119 Å². The highest BCUT2D eigenvalue weighted by Crippen LogP contribution is 1.77. The van der Waals surface area contributed by atoms with Gasteiger partial charge in [-0.05, 0) is 0 Å². The molecule has 1 amide bonds. The molecule has 7 heteroatoms. The van der Waals surface area contributed by atoms with Gasteiger partial charge in [-0.15, -0.1) is 12.4 Å². The van der Waals surface area contributed by atoms with Crippen LogP contribution in [0.15, 0.2) is 0 Å². The second kappa shape index (κ2) is 5.39. The summed E-state index contributed by atoms with van der Waals surface area (Å²) in [5.74, 6) is 8.87. The second-order valence-corrected chi connectivity index (χ2v) is 1.53. The van der Waals surface area contributed by atoms with Crippen molar-refractivity contribution in [3.63, 3.8) is 0 Å². The van der Waals surface area contributed by atoms with E-state index >= 15 is 0 Å². The summed E-state index contributed by atoms with van der Waals surface area (Å²) in [4.78, 5) is 10.5. The molecule has 1 atom stereocenters. The zero-order chi connectivity index (χ0) is 7.44. The third-order valence-corrected chi connectivity index (χ3v) is 0.768. The summed E-state index contributed by atoms with van der Waals surface area (Å²) in [5.41, 5.74) is 5.02. The van der Waals surface area contributed by atoms with Gasteiger partial charge in [-0.2, -0.15) is 0 Å². The Bertz CT molecular complexity index is 109. The molecule has 0 aromatic rings. The lowest BCUT2D eigenvalue weighted by molar-refractivity contribution is -0.134. The van der Waals surface area contributed by atoms with E-state index in [1.54, 1.807) is 0 Å². The van der Waals surface area contributed by atoms with E-state index < -0.39 is 18.6 Å². The summed E-state index contributed by atoms with van der Waals surface area (Å²) in [7, 11) is 0. The van der Waals surface area contributed by atoms with Gasteiger partial charge in [0.1, 0.15) is 6.04 Å². The molecule has 0 saturated heterocycles. The normalized spacial score (nSPS) is 11.6. The molecule has 0 aromatic heterocycles. The number of carbonyl (C=O) groups excluding carboxylic acids is 1. The fraction of sp³-hybridized carbons (Fsp3) is 0.667. The van der Waals surface area contributed by atoms with Crippen LogP contribution >= 0.6 is 12.4 Å². The van der Waals surface area contributed by atoms with Gasteiger partial charge in [-0.1, -0.05) is 0 Å². The smallest absolute Gasteiger partial charge is 0.270 e. The van der Waals surface area contributed by atoms with Crippen molar-refractivity contribution in [3.8, 4) is 0 Å². The Labute approximate surface area is 64.3 Å².